The van der Waals surface area contributed by atoms with Gasteiger partial charge in [-0.3, -0.25) is 9.59 Å². The molecule has 164 valence electrons. The van der Waals surface area contributed by atoms with E-state index in [2.05, 4.69) is 0 Å². The highest BCUT2D eigenvalue weighted by molar-refractivity contribution is 6.46. The van der Waals surface area contributed by atoms with Crippen molar-refractivity contribution < 1.29 is 19.4 Å². The molecule has 1 amide bonds. The van der Waals surface area contributed by atoms with Crippen LogP contribution in [-0.4, -0.2) is 60.9 Å². The number of likely N-dealkylation sites (tertiary alicyclic amines) is 1. The molecule has 1 saturated heterocycles. The van der Waals surface area contributed by atoms with Crippen LogP contribution in [0.5, 0.6) is 5.75 Å². The van der Waals surface area contributed by atoms with Gasteiger partial charge in [0.1, 0.15) is 11.5 Å². The van der Waals surface area contributed by atoms with Crippen LogP contribution >= 0.6 is 23.2 Å². The van der Waals surface area contributed by atoms with Gasteiger partial charge in [0.2, 0.25) is 0 Å². The smallest absolute Gasteiger partial charge is 0.295 e. The average molecular weight is 463 g/mol. The van der Waals surface area contributed by atoms with Gasteiger partial charge in [0.05, 0.1) is 23.7 Å². The zero-order chi connectivity index (χ0) is 22.7. The second kappa shape index (κ2) is 9.73. The van der Waals surface area contributed by atoms with Crippen molar-refractivity contribution in [2.45, 2.75) is 12.5 Å². The Kier molecular flexibility index (Phi) is 7.26. The second-order valence-electron chi connectivity index (χ2n) is 7.55. The van der Waals surface area contributed by atoms with Crippen molar-refractivity contribution >= 4 is 40.7 Å². The van der Waals surface area contributed by atoms with Gasteiger partial charge >= 0.3 is 0 Å². The molecule has 1 heterocycles. The number of halogens is 2. The first kappa shape index (κ1) is 23.1. The van der Waals surface area contributed by atoms with Gasteiger partial charge in [-0.05, 0) is 63.0 Å². The average Bonchev–Trinajstić information content (AvgIpc) is 2.98. The molecule has 1 atom stereocenters. The van der Waals surface area contributed by atoms with Crippen molar-refractivity contribution in [3.8, 4) is 5.75 Å². The highest BCUT2D eigenvalue weighted by Gasteiger charge is 2.45. The van der Waals surface area contributed by atoms with Gasteiger partial charge in [-0.25, -0.2) is 0 Å². The van der Waals surface area contributed by atoms with Crippen LogP contribution in [0.25, 0.3) is 5.76 Å². The van der Waals surface area contributed by atoms with Crippen LogP contribution < -0.4 is 4.74 Å². The minimum absolute atomic E-state index is 0.0124. The molecule has 0 aliphatic carbocycles. The monoisotopic (exact) mass is 462 g/mol. The van der Waals surface area contributed by atoms with Crippen molar-refractivity contribution in [2.75, 3.05) is 34.3 Å². The Labute approximate surface area is 191 Å². The molecule has 3 rings (SSSR count). The van der Waals surface area contributed by atoms with Crippen molar-refractivity contribution in [3.63, 3.8) is 0 Å². The van der Waals surface area contributed by atoms with Crippen LogP contribution in [0.2, 0.25) is 10.0 Å². The molecular weight excluding hydrogens is 439 g/mol. The Balaban J connectivity index is 2.11. The lowest BCUT2D eigenvalue weighted by Gasteiger charge is -2.26. The number of hydrogen-bond acceptors (Lipinski definition) is 5. The zero-order valence-electron chi connectivity index (χ0n) is 17.6. The number of ketones is 1. The van der Waals surface area contributed by atoms with Crippen LogP contribution in [0.1, 0.15) is 23.6 Å². The van der Waals surface area contributed by atoms with Gasteiger partial charge in [-0.2, -0.15) is 0 Å². The van der Waals surface area contributed by atoms with Gasteiger partial charge in [-0.1, -0.05) is 35.3 Å². The summed E-state index contributed by atoms with van der Waals surface area (Å²) in [5, 5.41) is 11.8. The summed E-state index contributed by atoms with van der Waals surface area (Å²) >= 11 is 12.4. The first-order valence-corrected chi connectivity index (χ1v) is 10.5. The van der Waals surface area contributed by atoms with Crippen LogP contribution in [-0.2, 0) is 9.59 Å². The number of amides is 1. The summed E-state index contributed by atoms with van der Waals surface area (Å²) in [6.07, 6.45) is 0.672. The molecule has 1 aliphatic rings. The van der Waals surface area contributed by atoms with Crippen molar-refractivity contribution in [1.29, 1.82) is 0 Å². The number of carbonyl (C=O) groups excluding carboxylic acids is 2. The molecule has 0 saturated carbocycles. The maximum atomic E-state index is 13.0. The maximum absolute atomic E-state index is 13.0. The molecular formula is C23H24Cl2N2O4. The molecule has 8 heteroatoms. The largest absolute Gasteiger partial charge is 0.507 e. The van der Waals surface area contributed by atoms with Crippen LogP contribution in [0, 0.1) is 0 Å². The molecule has 0 bridgehead atoms. The minimum Gasteiger partial charge on any atom is -0.507 e. The lowest BCUT2D eigenvalue weighted by Crippen LogP contribution is -2.32. The van der Waals surface area contributed by atoms with Crippen molar-refractivity contribution in [3.05, 3.63) is 69.2 Å². The lowest BCUT2D eigenvalue weighted by atomic mass is 9.95. The molecule has 6 nitrogen and oxygen atoms in total. The number of carbonyl (C=O) groups is 2. The molecule has 0 radical (unpaired) electrons. The molecule has 1 aliphatic heterocycles. The molecule has 1 fully saturated rings. The van der Waals surface area contributed by atoms with E-state index in [0.717, 1.165) is 6.54 Å². The lowest BCUT2D eigenvalue weighted by molar-refractivity contribution is -0.139. The van der Waals surface area contributed by atoms with Crippen molar-refractivity contribution in [1.82, 2.24) is 9.80 Å². The summed E-state index contributed by atoms with van der Waals surface area (Å²) in [5.74, 6) is -1.24. The molecule has 1 N–H and O–H groups in total. The Morgan fingerprint density at radius 1 is 1.16 bits per heavy atom. The van der Waals surface area contributed by atoms with Crippen molar-refractivity contribution in [2.24, 2.45) is 0 Å². The third kappa shape index (κ3) is 4.87. The van der Waals surface area contributed by atoms with E-state index in [1.807, 2.05) is 19.0 Å². The van der Waals surface area contributed by atoms with Gasteiger partial charge in [0.25, 0.3) is 11.7 Å². The standard InChI is InChI=1S/C23H24Cl2N2O4/c1-26(2)10-5-11-27-20(14-6-4-7-16(24)12-14)19(22(29)23(27)30)21(28)15-8-9-18(31-3)17(25)13-15/h4,6-9,12-13,20,28H,5,10-11H2,1-3H3/t20-/m0/s1. The molecule has 0 unspecified atom stereocenters. The number of rotatable bonds is 7. The van der Waals surface area contributed by atoms with E-state index >= 15 is 0 Å². The normalized spacial score (nSPS) is 18.1. The topological polar surface area (TPSA) is 70.1 Å². The Morgan fingerprint density at radius 3 is 2.52 bits per heavy atom. The van der Waals surface area contributed by atoms with E-state index in [1.54, 1.807) is 36.4 Å². The summed E-state index contributed by atoms with van der Waals surface area (Å²) < 4.78 is 5.15. The van der Waals surface area contributed by atoms with E-state index < -0.39 is 17.7 Å². The van der Waals surface area contributed by atoms with Gasteiger partial charge in [0, 0.05) is 17.1 Å². The third-order valence-corrected chi connectivity index (χ3v) is 5.66. The summed E-state index contributed by atoms with van der Waals surface area (Å²) in [6, 6.07) is 10.9. The number of hydrogen-bond donors (Lipinski definition) is 1. The van der Waals surface area contributed by atoms with Gasteiger partial charge < -0.3 is 19.6 Å². The number of ether oxygens (including phenoxy) is 1. The number of nitrogens with zero attached hydrogens (tertiary/aromatic N) is 2. The van der Waals surface area contributed by atoms with E-state index in [4.69, 9.17) is 27.9 Å². The number of aliphatic hydroxyl groups excluding tert-OH is 1. The first-order chi connectivity index (χ1) is 14.7. The zero-order valence-corrected chi connectivity index (χ0v) is 19.1. The molecule has 31 heavy (non-hydrogen) atoms. The fraction of sp³-hybridized carbons (Fsp3) is 0.304. The quantitative estimate of drug-likeness (QED) is 0.375. The van der Waals surface area contributed by atoms with Gasteiger partial charge in [0.15, 0.2) is 0 Å². The Morgan fingerprint density at radius 2 is 1.90 bits per heavy atom. The first-order valence-electron chi connectivity index (χ1n) is 9.77. The predicted octanol–water partition coefficient (Wildman–Crippen LogP) is 4.38. The number of Topliss-reactive ketones (excluding diaryl/α,β-unsaturated/α-hetero) is 1. The molecule has 0 spiro atoms. The number of benzene rings is 2. The summed E-state index contributed by atoms with van der Waals surface area (Å²) in [7, 11) is 5.37. The Bertz CT molecular complexity index is 1040. The second-order valence-corrected chi connectivity index (χ2v) is 8.40. The van der Waals surface area contributed by atoms with Crippen LogP contribution in [0.15, 0.2) is 48.0 Å². The van der Waals surface area contributed by atoms with E-state index in [0.29, 0.717) is 34.9 Å². The molecule has 2 aromatic carbocycles. The highest BCUT2D eigenvalue weighted by atomic mass is 35.5. The van der Waals surface area contributed by atoms with Gasteiger partial charge in [-0.15, -0.1) is 0 Å². The number of methoxy groups -OCH3 is 1. The summed E-state index contributed by atoms with van der Waals surface area (Å²) in [6.45, 7) is 1.11. The molecule has 0 aromatic heterocycles. The maximum Gasteiger partial charge on any atom is 0.295 e. The fourth-order valence-corrected chi connectivity index (χ4v) is 4.12. The summed E-state index contributed by atoms with van der Waals surface area (Å²) in [4.78, 5) is 29.4. The van der Waals surface area contributed by atoms with E-state index in [1.165, 1.54) is 18.1 Å². The SMILES string of the molecule is COc1ccc(C(O)=C2C(=O)C(=O)N(CCCN(C)C)[C@H]2c2cccc(Cl)c2)cc1Cl. The fourth-order valence-electron chi connectivity index (χ4n) is 3.66. The predicted molar refractivity (Wildman–Crippen MR) is 122 cm³/mol. The number of aliphatic hydroxyl groups is 1. The molecule has 2 aromatic rings. The highest BCUT2D eigenvalue weighted by Crippen LogP contribution is 2.40. The van der Waals surface area contributed by atoms with E-state index in [-0.39, 0.29) is 16.4 Å². The third-order valence-electron chi connectivity index (χ3n) is 5.13. The van der Waals surface area contributed by atoms with E-state index in [9.17, 15) is 14.7 Å². The van der Waals surface area contributed by atoms with Crippen LogP contribution in [0.3, 0.4) is 0 Å². The van der Waals surface area contributed by atoms with Crippen LogP contribution in [0.4, 0.5) is 0 Å². The summed E-state index contributed by atoms with van der Waals surface area (Å²) in [5.41, 5.74) is 0.986. The Hall–Kier alpha value is -2.54. The minimum atomic E-state index is -0.748.